The number of carbonyl (C=O) groups excluding carboxylic acids is 1. The zero-order chi connectivity index (χ0) is 19.3. The predicted molar refractivity (Wildman–Crippen MR) is 107 cm³/mol. The number of benzene rings is 1. The fraction of sp³-hybridized carbons (Fsp3) is 0.350. The van der Waals surface area contributed by atoms with Crippen molar-refractivity contribution in [2.24, 2.45) is 0 Å². The van der Waals surface area contributed by atoms with Gasteiger partial charge in [-0.1, -0.05) is 18.2 Å². The maximum absolute atomic E-state index is 12.3. The van der Waals surface area contributed by atoms with Gasteiger partial charge >= 0.3 is 0 Å². The van der Waals surface area contributed by atoms with Gasteiger partial charge in [0.2, 0.25) is 5.91 Å². The van der Waals surface area contributed by atoms with Gasteiger partial charge in [0.25, 0.3) is 5.56 Å². The zero-order valence-electron chi connectivity index (χ0n) is 15.6. The summed E-state index contributed by atoms with van der Waals surface area (Å²) in [5, 5.41) is 8.38. The lowest BCUT2D eigenvalue weighted by Gasteiger charge is -2.27. The van der Waals surface area contributed by atoms with E-state index in [9.17, 15) is 9.59 Å². The van der Waals surface area contributed by atoms with E-state index in [4.69, 9.17) is 4.74 Å². The van der Waals surface area contributed by atoms with E-state index in [1.165, 1.54) is 10.7 Å². The lowest BCUT2D eigenvalue weighted by molar-refractivity contribution is -0.121. The number of hydrogen-bond acceptors (Lipinski definition) is 5. The number of para-hydroxylation sites is 1. The van der Waals surface area contributed by atoms with E-state index < -0.39 is 0 Å². The number of nitrogens with zero attached hydrogens (tertiary/aromatic N) is 3. The molecule has 3 aromatic rings. The third kappa shape index (κ3) is 4.07. The maximum atomic E-state index is 12.3. The van der Waals surface area contributed by atoms with Gasteiger partial charge in [-0.15, -0.1) is 0 Å². The molecule has 1 aromatic carbocycles. The molecule has 2 aromatic heterocycles. The first-order chi connectivity index (χ1) is 13.7. The smallest absolute Gasteiger partial charge is 0.267 e. The summed E-state index contributed by atoms with van der Waals surface area (Å²) in [5.41, 5.74) is 1.95. The standard InChI is InChI=1S/C20H23N5O3/c26-19(21-8-7-15-13-22-17-4-2-1-3-16(15)17)14-25-20(27)6-5-18(23-25)24-9-11-28-12-10-24/h1-6,13,22H,7-12,14H2,(H,21,26). The number of ether oxygens (including phenoxy) is 1. The Kier molecular flexibility index (Phi) is 5.38. The van der Waals surface area contributed by atoms with Crippen LogP contribution in [-0.4, -0.2) is 53.5 Å². The summed E-state index contributed by atoms with van der Waals surface area (Å²) in [4.78, 5) is 29.6. The number of aromatic nitrogens is 3. The molecule has 8 nitrogen and oxygen atoms in total. The van der Waals surface area contributed by atoms with E-state index in [0.29, 0.717) is 32.0 Å². The fourth-order valence-corrected chi connectivity index (χ4v) is 3.38. The minimum Gasteiger partial charge on any atom is -0.378 e. The molecule has 0 saturated carbocycles. The van der Waals surface area contributed by atoms with Gasteiger partial charge in [-0.3, -0.25) is 9.59 Å². The van der Waals surface area contributed by atoms with Crippen molar-refractivity contribution in [1.82, 2.24) is 20.1 Å². The Morgan fingerprint density at radius 1 is 1.18 bits per heavy atom. The molecule has 1 aliphatic heterocycles. The first-order valence-corrected chi connectivity index (χ1v) is 9.43. The first kappa shape index (κ1) is 18.2. The van der Waals surface area contributed by atoms with Crippen LogP contribution in [0.1, 0.15) is 5.56 Å². The molecule has 3 heterocycles. The average Bonchev–Trinajstić information content (AvgIpc) is 3.13. The Hall–Kier alpha value is -3.13. The van der Waals surface area contributed by atoms with Crippen molar-refractivity contribution in [3.63, 3.8) is 0 Å². The molecule has 4 rings (SSSR count). The molecule has 0 spiro atoms. The number of aromatic amines is 1. The molecule has 0 atom stereocenters. The molecule has 0 radical (unpaired) electrons. The van der Waals surface area contributed by atoms with Gasteiger partial charge in [-0.05, 0) is 24.1 Å². The molecule has 1 saturated heterocycles. The fourth-order valence-electron chi connectivity index (χ4n) is 3.38. The Bertz CT molecular complexity index is 1020. The summed E-state index contributed by atoms with van der Waals surface area (Å²) in [6, 6.07) is 11.2. The van der Waals surface area contributed by atoms with Crippen LogP contribution in [0, 0.1) is 0 Å². The molecule has 8 heteroatoms. The van der Waals surface area contributed by atoms with Crippen LogP contribution in [0.5, 0.6) is 0 Å². The lowest BCUT2D eigenvalue weighted by atomic mass is 10.1. The van der Waals surface area contributed by atoms with Crippen LogP contribution >= 0.6 is 0 Å². The number of rotatable bonds is 6. The number of carbonyl (C=O) groups is 1. The van der Waals surface area contributed by atoms with Gasteiger partial charge < -0.3 is 19.9 Å². The van der Waals surface area contributed by atoms with E-state index in [1.807, 2.05) is 29.3 Å². The third-order valence-electron chi connectivity index (χ3n) is 4.87. The number of hydrogen-bond donors (Lipinski definition) is 2. The second-order valence-corrected chi connectivity index (χ2v) is 6.75. The summed E-state index contributed by atoms with van der Waals surface area (Å²) < 4.78 is 6.55. The quantitative estimate of drug-likeness (QED) is 0.662. The first-order valence-electron chi connectivity index (χ1n) is 9.43. The minimum atomic E-state index is -0.288. The molecule has 28 heavy (non-hydrogen) atoms. The molecule has 1 fully saturated rings. The molecular weight excluding hydrogens is 358 g/mol. The van der Waals surface area contributed by atoms with Crippen molar-refractivity contribution < 1.29 is 9.53 Å². The van der Waals surface area contributed by atoms with Crippen molar-refractivity contribution in [2.75, 3.05) is 37.7 Å². The Balaban J connectivity index is 1.35. The van der Waals surface area contributed by atoms with Crippen LogP contribution in [0.2, 0.25) is 0 Å². The highest BCUT2D eigenvalue weighted by Gasteiger charge is 2.14. The second-order valence-electron chi connectivity index (χ2n) is 6.75. The van der Waals surface area contributed by atoms with Crippen molar-refractivity contribution >= 4 is 22.6 Å². The summed E-state index contributed by atoms with van der Waals surface area (Å²) >= 11 is 0. The van der Waals surface area contributed by atoms with Gasteiger partial charge in [0.1, 0.15) is 12.4 Å². The van der Waals surface area contributed by atoms with Gasteiger partial charge in [0.15, 0.2) is 0 Å². The Labute approximate surface area is 162 Å². The molecule has 0 unspecified atom stereocenters. The second kappa shape index (κ2) is 8.26. The van der Waals surface area contributed by atoms with Gasteiger partial charge in [-0.2, -0.15) is 5.10 Å². The topological polar surface area (TPSA) is 92.2 Å². The van der Waals surface area contributed by atoms with Crippen LogP contribution < -0.4 is 15.8 Å². The molecular formula is C20H23N5O3. The highest BCUT2D eigenvalue weighted by molar-refractivity contribution is 5.83. The number of H-pyrrole nitrogens is 1. The average molecular weight is 381 g/mol. The number of nitrogens with one attached hydrogen (secondary N) is 2. The van der Waals surface area contributed by atoms with Crippen molar-refractivity contribution in [2.45, 2.75) is 13.0 Å². The Morgan fingerprint density at radius 2 is 2.00 bits per heavy atom. The van der Waals surface area contributed by atoms with E-state index in [0.717, 1.165) is 29.6 Å². The monoisotopic (exact) mass is 381 g/mol. The van der Waals surface area contributed by atoms with Crippen LogP contribution in [0.4, 0.5) is 5.82 Å². The van der Waals surface area contributed by atoms with E-state index >= 15 is 0 Å². The molecule has 146 valence electrons. The Morgan fingerprint density at radius 3 is 2.86 bits per heavy atom. The number of morpholine rings is 1. The largest absolute Gasteiger partial charge is 0.378 e. The van der Waals surface area contributed by atoms with Crippen molar-refractivity contribution in [3.05, 3.63) is 58.5 Å². The van der Waals surface area contributed by atoms with E-state index in [2.05, 4.69) is 21.5 Å². The highest BCUT2D eigenvalue weighted by atomic mass is 16.5. The van der Waals surface area contributed by atoms with Crippen LogP contribution in [0.25, 0.3) is 10.9 Å². The number of fused-ring (bicyclic) bond motifs is 1. The summed E-state index contributed by atoms with van der Waals surface area (Å²) in [5.74, 6) is 0.461. The predicted octanol–water partition coefficient (Wildman–Crippen LogP) is 0.920. The van der Waals surface area contributed by atoms with E-state index in [1.54, 1.807) is 6.07 Å². The van der Waals surface area contributed by atoms with Gasteiger partial charge in [-0.25, -0.2) is 4.68 Å². The third-order valence-corrected chi connectivity index (χ3v) is 4.87. The number of anilines is 1. The summed E-state index contributed by atoms with van der Waals surface area (Å²) in [7, 11) is 0. The molecule has 1 amide bonds. The van der Waals surface area contributed by atoms with E-state index in [-0.39, 0.29) is 18.0 Å². The lowest BCUT2D eigenvalue weighted by Crippen LogP contribution is -2.39. The van der Waals surface area contributed by atoms with Crippen LogP contribution in [0.15, 0.2) is 47.4 Å². The number of amides is 1. The maximum Gasteiger partial charge on any atom is 0.267 e. The zero-order valence-corrected chi connectivity index (χ0v) is 15.6. The van der Waals surface area contributed by atoms with Gasteiger partial charge in [0, 0.05) is 42.8 Å². The molecule has 2 N–H and O–H groups in total. The van der Waals surface area contributed by atoms with Gasteiger partial charge in [0.05, 0.1) is 13.2 Å². The summed E-state index contributed by atoms with van der Waals surface area (Å²) in [6.45, 7) is 3.12. The molecule has 1 aliphatic rings. The summed E-state index contributed by atoms with van der Waals surface area (Å²) in [6.07, 6.45) is 2.68. The van der Waals surface area contributed by atoms with Crippen LogP contribution in [0.3, 0.4) is 0 Å². The highest BCUT2D eigenvalue weighted by Crippen LogP contribution is 2.17. The van der Waals surface area contributed by atoms with Crippen molar-refractivity contribution in [3.8, 4) is 0 Å². The SMILES string of the molecule is O=C(Cn1nc(N2CCOCC2)ccc1=O)NCCc1c[nH]c2ccccc12. The minimum absolute atomic E-state index is 0.0924. The molecule has 0 aliphatic carbocycles. The normalized spacial score (nSPS) is 14.4. The van der Waals surface area contributed by atoms with Crippen LogP contribution in [-0.2, 0) is 22.5 Å². The van der Waals surface area contributed by atoms with Crippen molar-refractivity contribution in [1.29, 1.82) is 0 Å². The molecule has 0 bridgehead atoms.